The first-order chi connectivity index (χ1) is 9.24. The zero-order valence-electron chi connectivity index (χ0n) is 12.0. The Bertz CT molecular complexity index is 421. The van der Waals surface area contributed by atoms with E-state index in [0.717, 1.165) is 18.4 Å². The molecule has 0 spiro atoms. The number of aryl methyl sites for hydroxylation is 1. The summed E-state index contributed by atoms with van der Waals surface area (Å²) in [7, 11) is 0. The summed E-state index contributed by atoms with van der Waals surface area (Å²) in [5.74, 6) is 0.996. The van der Waals surface area contributed by atoms with Crippen LogP contribution in [0.25, 0.3) is 0 Å². The fraction of sp³-hybridized carbons (Fsp3) is 0.647. The second kappa shape index (κ2) is 5.64. The second-order valence-corrected chi connectivity index (χ2v) is 6.42. The Balaban J connectivity index is 1.53. The van der Waals surface area contributed by atoms with Gasteiger partial charge in [0.1, 0.15) is 0 Å². The summed E-state index contributed by atoms with van der Waals surface area (Å²) in [5.41, 5.74) is 9.04. The van der Waals surface area contributed by atoms with Crippen molar-refractivity contribution in [1.82, 2.24) is 4.90 Å². The van der Waals surface area contributed by atoms with Gasteiger partial charge in [0.05, 0.1) is 0 Å². The van der Waals surface area contributed by atoms with Gasteiger partial charge in [-0.25, -0.2) is 0 Å². The summed E-state index contributed by atoms with van der Waals surface area (Å²) in [6.07, 6.45) is 6.81. The Morgan fingerprint density at radius 1 is 1.21 bits per heavy atom. The van der Waals surface area contributed by atoms with Crippen molar-refractivity contribution < 1.29 is 0 Å². The van der Waals surface area contributed by atoms with Crippen LogP contribution in [0.4, 0.5) is 0 Å². The van der Waals surface area contributed by atoms with Gasteiger partial charge in [-0.15, -0.1) is 0 Å². The molecule has 0 saturated heterocycles. The van der Waals surface area contributed by atoms with Crippen molar-refractivity contribution in [2.75, 3.05) is 13.1 Å². The third-order valence-electron chi connectivity index (χ3n) is 4.57. The van der Waals surface area contributed by atoms with E-state index in [4.69, 9.17) is 5.73 Å². The molecule has 1 aromatic carbocycles. The van der Waals surface area contributed by atoms with Gasteiger partial charge >= 0.3 is 0 Å². The first-order valence-corrected chi connectivity index (χ1v) is 7.79. The van der Waals surface area contributed by atoms with Crippen molar-refractivity contribution in [3.8, 4) is 0 Å². The predicted molar refractivity (Wildman–Crippen MR) is 80.0 cm³/mol. The average molecular weight is 258 g/mol. The lowest BCUT2D eigenvalue weighted by atomic mass is 9.99. The Morgan fingerprint density at radius 3 is 2.58 bits per heavy atom. The maximum Gasteiger partial charge on any atom is 0.0309 e. The molecule has 2 saturated carbocycles. The largest absolute Gasteiger partial charge is 0.324 e. The molecule has 0 amide bonds. The molecule has 1 aromatic rings. The minimum atomic E-state index is 0.196. The van der Waals surface area contributed by atoms with Crippen molar-refractivity contribution >= 4 is 0 Å². The SMILES string of the molecule is Cc1ccccc1C(N)CCN(CC1CC1)C1CC1. The van der Waals surface area contributed by atoms with Crippen molar-refractivity contribution in [2.24, 2.45) is 11.7 Å². The molecule has 2 aliphatic carbocycles. The molecule has 2 heteroatoms. The Morgan fingerprint density at radius 2 is 1.95 bits per heavy atom. The molecule has 19 heavy (non-hydrogen) atoms. The molecule has 2 nitrogen and oxygen atoms in total. The molecular formula is C17H26N2. The van der Waals surface area contributed by atoms with Gasteiger partial charge in [-0.05, 0) is 56.1 Å². The molecule has 104 valence electrons. The quantitative estimate of drug-likeness (QED) is 0.813. The van der Waals surface area contributed by atoms with Gasteiger partial charge < -0.3 is 10.6 Å². The minimum Gasteiger partial charge on any atom is -0.324 e. The van der Waals surface area contributed by atoms with Gasteiger partial charge in [0.15, 0.2) is 0 Å². The standard InChI is InChI=1S/C17H26N2/c1-13-4-2-3-5-16(13)17(18)10-11-19(15-8-9-15)12-14-6-7-14/h2-5,14-15,17H,6-12,18H2,1H3. The Kier molecular flexibility index (Phi) is 3.90. The summed E-state index contributed by atoms with van der Waals surface area (Å²) in [6.45, 7) is 4.67. The summed E-state index contributed by atoms with van der Waals surface area (Å²) >= 11 is 0. The van der Waals surface area contributed by atoms with Crippen LogP contribution in [0.3, 0.4) is 0 Å². The molecule has 0 aliphatic heterocycles. The van der Waals surface area contributed by atoms with Gasteiger partial charge in [-0.2, -0.15) is 0 Å². The van der Waals surface area contributed by atoms with E-state index in [1.54, 1.807) is 0 Å². The number of nitrogens with zero attached hydrogens (tertiary/aromatic N) is 1. The molecule has 2 N–H and O–H groups in total. The molecule has 1 unspecified atom stereocenters. The minimum absolute atomic E-state index is 0.196. The van der Waals surface area contributed by atoms with Crippen LogP contribution in [-0.2, 0) is 0 Å². The molecular weight excluding hydrogens is 232 g/mol. The van der Waals surface area contributed by atoms with Gasteiger partial charge in [0.2, 0.25) is 0 Å². The number of hydrogen-bond donors (Lipinski definition) is 1. The fourth-order valence-corrected chi connectivity index (χ4v) is 2.96. The van der Waals surface area contributed by atoms with Crippen LogP contribution >= 0.6 is 0 Å². The van der Waals surface area contributed by atoms with Crippen LogP contribution in [-0.4, -0.2) is 24.0 Å². The fourth-order valence-electron chi connectivity index (χ4n) is 2.96. The van der Waals surface area contributed by atoms with Crippen LogP contribution in [0.15, 0.2) is 24.3 Å². The third kappa shape index (κ3) is 3.58. The van der Waals surface area contributed by atoms with Gasteiger partial charge in [0.25, 0.3) is 0 Å². The zero-order chi connectivity index (χ0) is 13.2. The van der Waals surface area contributed by atoms with E-state index < -0.39 is 0 Å². The van der Waals surface area contributed by atoms with Gasteiger partial charge in [-0.1, -0.05) is 24.3 Å². The molecule has 2 fully saturated rings. The molecule has 0 radical (unpaired) electrons. The lowest BCUT2D eigenvalue weighted by Crippen LogP contribution is -2.31. The van der Waals surface area contributed by atoms with E-state index in [0.29, 0.717) is 0 Å². The smallest absolute Gasteiger partial charge is 0.0309 e. The van der Waals surface area contributed by atoms with Gasteiger partial charge in [-0.3, -0.25) is 0 Å². The van der Waals surface area contributed by atoms with E-state index in [1.165, 1.54) is 49.9 Å². The van der Waals surface area contributed by atoms with Crippen molar-refractivity contribution in [3.05, 3.63) is 35.4 Å². The molecule has 0 aromatic heterocycles. The van der Waals surface area contributed by atoms with Crippen LogP contribution in [0.5, 0.6) is 0 Å². The summed E-state index contributed by atoms with van der Waals surface area (Å²) in [5, 5.41) is 0. The Labute approximate surface area is 117 Å². The second-order valence-electron chi connectivity index (χ2n) is 6.42. The number of benzene rings is 1. The summed E-state index contributed by atoms with van der Waals surface area (Å²) in [6, 6.07) is 9.62. The molecule has 0 heterocycles. The van der Waals surface area contributed by atoms with Crippen LogP contribution in [0, 0.1) is 12.8 Å². The molecule has 0 bridgehead atoms. The maximum atomic E-state index is 6.38. The zero-order valence-corrected chi connectivity index (χ0v) is 12.0. The van der Waals surface area contributed by atoms with Gasteiger partial charge in [0, 0.05) is 25.2 Å². The monoisotopic (exact) mass is 258 g/mol. The lowest BCUT2D eigenvalue weighted by molar-refractivity contribution is 0.243. The third-order valence-corrected chi connectivity index (χ3v) is 4.57. The summed E-state index contributed by atoms with van der Waals surface area (Å²) in [4.78, 5) is 2.70. The average Bonchev–Trinajstić information content (AvgIpc) is 3.27. The first kappa shape index (κ1) is 13.1. The van der Waals surface area contributed by atoms with Crippen LogP contribution in [0.1, 0.15) is 49.3 Å². The van der Waals surface area contributed by atoms with E-state index in [9.17, 15) is 0 Å². The predicted octanol–water partition coefficient (Wildman–Crippen LogP) is 3.26. The van der Waals surface area contributed by atoms with E-state index >= 15 is 0 Å². The highest BCUT2D eigenvalue weighted by Gasteiger charge is 2.33. The van der Waals surface area contributed by atoms with Crippen LogP contribution in [0.2, 0.25) is 0 Å². The van der Waals surface area contributed by atoms with E-state index in [1.807, 2.05) is 0 Å². The Hall–Kier alpha value is -0.860. The number of hydrogen-bond acceptors (Lipinski definition) is 2. The normalized spacial score (nSPS) is 20.8. The van der Waals surface area contributed by atoms with Crippen molar-refractivity contribution in [1.29, 1.82) is 0 Å². The van der Waals surface area contributed by atoms with E-state index in [-0.39, 0.29) is 6.04 Å². The first-order valence-electron chi connectivity index (χ1n) is 7.79. The van der Waals surface area contributed by atoms with Crippen molar-refractivity contribution in [2.45, 2.75) is 51.1 Å². The highest BCUT2D eigenvalue weighted by atomic mass is 15.2. The lowest BCUT2D eigenvalue weighted by Gasteiger charge is -2.24. The highest BCUT2D eigenvalue weighted by molar-refractivity contribution is 5.28. The molecule has 2 aliphatic rings. The molecule has 3 rings (SSSR count). The van der Waals surface area contributed by atoms with E-state index in [2.05, 4.69) is 36.1 Å². The molecule has 1 atom stereocenters. The topological polar surface area (TPSA) is 29.3 Å². The number of nitrogens with two attached hydrogens (primary N) is 1. The highest BCUT2D eigenvalue weighted by Crippen LogP contribution is 2.35. The van der Waals surface area contributed by atoms with Crippen molar-refractivity contribution in [3.63, 3.8) is 0 Å². The maximum absolute atomic E-state index is 6.38. The number of rotatable bonds is 7. The summed E-state index contributed by atoms with van der Waals surface area (Å²) < 4.78 is 0. The van der Waals surface area contributed by atoms with Crippen LogP contribution < -0.4 is 5.73 Å².